The Morgan fingerprint density at radius 2 is 1.02 bits per heavy atom. The molecule has 0 spiro atoms. The summed E-state index contributed by atoms with van der Waals surface area (Å²) in [7, 11) is 0. The van der Waals surface area contributed by atoms with E-state index < -0.39 is 0 Å². The van der Waals surface area contributed by atoms with Crippen LogP contribution in [0.2, 0.25) is 0 Å². The smallest absolute Gasteiger partial charge is 0.143 e. The van der Waals surface area contributed by atoms with E-state index in [2.05, 4.69) is 132 Å². The van der Waals surface area contributed by atoms with E-state index in [1.165, 1.54) is 10.8 Å². The minimum atomic E-state index is 0.885. The van der Waals surface area contributed by atoms with Crippen molar-refractivity contribution in [2.45, 2.75) is 0 Å². The quantitative estimate of drug-likeness (QED) is 0.230. The summed E-state index contributed by atoms with van der Waals surface area (Å²) < 4.78 is 12.8. The normalized spacial score (nSPS) is 11.9. The van der Waals surface area contributed by atoms with Crippen LogP contribution in [0.25, 0.3) is 65.4 Å². The van der Waals surface area contributed by atoms with Crippen LogP contribution in [0.15, 0.2) is 148 Å². The molecule has 0 aliphatic carbocycles. The molecule has 0 saturated carbocycles. The molecule has 9 aromatic rings. The third kappa shape index (κ3) is 3.33. The topological polar surface area (TPSA) is 29.5 Å². The number of benzene rings is 7. The molecule has 0 amide bonds. The van der Waals surface area contributed by atoms with Gasteiger partial charge in [-0.05, 0) is 65.4 Å². The van der Waals surface area contributed by atoms with Crippen molar-refractivity contribution in [3.8, 4) is 0 Å². The zero-order chi connectivity index (χ0) is 26.9. The first kappa shape index (κ1) is 22.3. The van der Waals surface area contributed by atoms with Gasteiger partial charge in [-0.3, -0.25) is 0 Å². The van der Waals surface area contributed by atoms with Gasteiger partial charge < -0.3 is 13.7 Å². The van der Waals surface area contributed by atoms with E-state index >= 15 is 0 Å². The lowest BCUT2D eigenvalue weighted by molar-refractivity contribution is 0.669. The maximum atomic E-state index is 6.58. The first-order valence-electron chi connectivity index (χ1n) is 13.9. The Kier molecular flexibility index (Phi) is 4.61. The molecule has 0 aliphatic heterocycles. The van der Waals surface area contributed by atoms with Crippen molar-refractivity contribution in [3.63, 3.8) is 0 Å². The van der Waals surface area contributed by atoms with Gasteiger partial charge in [0, 0.05) is 43.7 Å². The van der Waals surface area contributed by atoms with E-state index in [4.69, 9.17) is 8.83 Å². The minimum Gasteiger partial charge on any atom is -0.456 e. The van der Waals surface area contributed by atoms with Gasteiger partial charge in [0.15, 0.2) is 0 Å². The summed E-state index contributed by atoms with van der Waals surface area (Å²) >= 11 is 0. The van der Waals surface area contributed by atoms with Crippen molar-refractivity contribution in [3.05, 3.63) is 140 Å². The Hall–Kier alpha value is -5.54. The van der Waals surface area contributed by atoms with E-state index in [-0.39, 0.29) is 0 Å². The molecule has 7 aromatic carbocycles. The van der Waals surface area contributed by atoms with Crippen LogP contribution < -0.4 is 4.90 Å². The molecule has 0 radical (unpaired) electrons. The molecule has 3 heteroatoms. The standard InChI is InChI=1S/C38H23NO2/c1-2-12-26(13-3-1)39(27-18-19-36-32(22-27)29-15-8-9-17-35(29)40-36)34-23-33-31-20-24-10-4-5-11-25(24)21-37(31)41-38(33)30-16-7-6-14-28(30)34/h1-23H. The fourth-order valence-corrected chi connectivity index (χ4v) is 6.31. The molecule has 0 aliphatic rings. The lowest BCUT2D eigenvalue weighted by atomic mass is 10.0. The van der Waals surface area contributed by atoms with Gasteiger partial charge in [-0.15, -0.1) is 0 Å². The van der Waals surface area contributed by atoms with Gasteiger partial charge in [0.05, 0.1) is 5.69 Å². The molecule has 3 nitrogen and oxygen atoms in total. The van der Waals surface area contributed by atoms with E-state index in [9.17, 15) is 0 Å². The number of rotatable bonds is 3. The summed E-state index contributed by atoms with van der Waals surface area (Å²) in [5.74, 6) is 0. The van der Waals surface area contributed by atoms with Crippen LogP contribution in [0.4, 0.5) is 17.1 Å². The Balaban J connectivity index is 1.38. The largest absolute Gasteiger partial charge is 0.456 e. The SMILES string of the molecule is c1ccc(N(c2ccc3oc4ccccc4c3c2)c2cc3c4cc5ccccc5cc4oc3c3ccccc23)cc1. The number of furan rings is 2. The predicted molar refractivity (Wildman–Crippen MR) is 171 cm³/mol. The van der Waals surface area contributed by atoms with E-state index in [1.54, 1.807) is 0 Å². The molecule has 0 saturated heterocycles. The highest BCUT2D eigenvalue weighted by Gasteiger charge is 2.21. The summed E-state index contributed by atoms with van der Waals surface area (Å²) in [6.07, 6.45) is 0. The van der Waals surface area contributed by atoms with Crippen LogP contribution in [-0.4, -0.2) is 0 Å². The van der Waals surface area contributed by atoms with Crippen molar-refractivity contribution in [2.24, 2.45) is 0 Å². The first-order valence-corrected chi connectivity index (χ1v) is 13.9. The molecule has 0 bridgehead atoms. The lowest BCUT2D eigenvalue weighted by Crippen LogP contribution is -2.10. The highest BCUT2D eigenvalue weighted by atomic mass is 16.3. The van der Waals surface area contributed by atoms with Crippen LogP contribution in [-0.2, 0) is 0 Å². The molecular weight excluding hydrogens is 502 g/mol. The van der Waals surface area contributed by atoms with Crippen LogP contribution in [0, 0.1) is 0 Å². The highest BCUT2D eigenvalue weighted by molar-refractivity contribution is 6.21. The lowest BCUT2D eigenvalue weighted by Gasteiger charge is -2.27. The second kappa shape index (κ2) is 8.48. The van der Waals surface area contributed by atoms with Gasteiger partial charge in [-0.2, -0.15) is 0 Å². The summed E-state index contributed by atoms with van der Waals surface area (Å²) in [5, 5.41) is 9.05. The molecule has 0 fully saturated rings. The summed E-state index contributed by atoms with van der Waals surface area (Å²) in [4.78, 5) is 2.35. The van der Waals surface area contributed by atoms with E-state index in [0.29, 0.717) is 0 Å². The van der Waals surface area contributed by atoms with Gasteiger partial charge in [-0.25, -0.2) is 0 Å². The maximum Gasteiger partial charge on any atom is 0.143 e. The second-order valence-corrected chi connectivity index (χ2v) is 10.6. The number of anilines is 3. The number of nitrogens with zero attached hydrogens (tertiary/aromatic N) is 1. The zero-order valence-corrected chi connectivity index (χ0v) is 22.0. The highest BCUT2D eigenvalue weighted by Crippen LogP contribution is 2.45. The molecule has 0 N–H and O–H groups in total. The van der Waals surface area contributed by atoms with Crippen molar-refractivity contribution in [2.75, 3.05) is 4.90 Å². The van der Waals surface area contributed by atoms with Gasteiger partial charge in [-0.1, -0.05) is 84.9 Å². The number of para-hydroxylation sites is 2. The summed E-state index contributed by atoms with van der Waals surface area (Å²) in [6, 6.07) is 49.0. The van der Waals surface area contributed by atoms with Crippen LogP contribution >= 0.6 is 0 Å². The minimum absolute atomic E-state index is 0.885. The maximum absolute atomic E-state index is 6.58. The Labute approximate surface area is 235 Å². The Morgan fingerprint density at radius 3 is 1.88 bits per heavy atom. The van der Waals surface area contributed by atoms with Gasteiger partial charge >= 0.3 is 0 Å². The number of hydrogen-bond donors (Lipinski definition) is 0. The molecule has 41 heavy (non-hydrogen) atoms. The fraction of sp³-hybridized carbons (Fsp3) is 0. The third-order valence-electron chi connectivity index (χ3n) is 8.20. The third-order valence-corrected chi connectivity index (χ3v) is 8.20. The van der Waals surface area contributed by atoms with Crippen LogP contribution in [0.3, 0.4) is 0 Å². The van der Waals surface area contributed by atoms with Crippen LogP contribution in [0.5, 0.6) is 0 Å². The first-order chi connectivity index (χ1) is 20.3. The molecule has 2 heterocycles. The molecule has 0 atom stereocenters. The predicted octanol–water partition coefficient (Wildman–Crippen LogP) is 11.3. The summed E-state index contributed by atoms with van der Waals surface area (Å²) in [5.41, 5.74) is 6.85. The van der Waals surface area contributed by atoms with E-state index in [1.807, 2.05) is 12.1 Å². The van der Waals surface area contributed by atoms with Gasteiger partial charge in [0.25, 0.3) is 0 Å². The Morgan fingerprint density at radius 1 is 0.366 bits per heavy atom. The van der Waals surface area contributed by atoms with Gasteiger partial charge in [0.1, 0.15) is 22.3 Å². The van der Waals surface area contributed by atoms with Crippen molar-refractivity contribution in [1.29, 1.82) is 0 Å². The monoisotopic (exact) mass is 525 g/mol. The second-order valence-electron chi connectivity index (χ2n) is 10.6. The summed E-state index contributed by atoms with van der Waals surface area (Å²) in [6.45, 7) is 0. The van der Waals surface area contributed by atoms with Crippen LogP contribution in [0.1, 0.15) is 0 Å². The fourth-order valence-electron chi connectivity index (χ4n) is 6.31. The average Bonchev–Trinajstić information content (AvgIpc) is 3.58. The molecule has 9 rings (SSSR count). The average molecular weight is 526 g/mol. The Bertz CT molecular complexity index is 2430. The number of fused-ring (bicyclic) bond motifs is 9. The zero-order valence-electron chi connectivity index (χ0n) is 22.0. The van der Waals surface area contributed by atoms with E-state index in [0.717, 1.165) is 71.7 Å². The number of hydrogen-bond acceptors (Lipinski definition) is 3. The van der Waals surface area contributed by atoms with Gasteiger partial charge in [0.2, 0.25) is 0 Å². The van der Waals surface area contributed by atoms with Crippen molar-refractivity contribution >= 4 is 82.5 Å². The molecule has 192 valence electrons. The molecule has 2 aromatic heterocycles. The van der Waals surface area contributed by atoms with Crippen molar-refractivity contribution < 1.29 is 8.83 Å². The molecule has 0 unspecified atom stereocenters. The van der Waals surface area contributed by atoms with Crippen molar-refractivity contribution in [1.82, 2.24) is 0 Å². The molecular formula is C38H23NO2.